The van der Waals surface area contributed by atoms with Crippen LogP contribution in [0.15, 0.2) is 12.5 Å². The molecule has 2 rings (SSSR count). The van der Waals surface area contributed by atoms with Crippen molar-refractivity contribution < 1.29 is 24.6 Å². The number of piperazine rings is 1. The second-order valence-electron chi connectivity index (χ2n) is 4.10. The number of carboxylic acid groups (broad SMARTS) is 1. The quantitative estimate of drug-likeness (QED) is 0.435. The molecule has 20 heavy (non-hydrogen) atoms. The van der Waals surface area contributed by atoms with Crippen molar-refractivity contribution in [2.24, 2.45) is 0 Å². The second kappa shape index (κ2) is 7.24. The Hall–Kier alpha value is -2.42. The SMILES string of the molecule is CC(=O)O.O=C1N[C@@H](Cc2cnc[nH]2)C(=O)N[C@H]1CO. The molecule has 5 N–H and O–H groups in total. The number of aliphatic carboxylic acids is 1. The summed E-state index contributed by atoms with van der Waals surface area (Å²) < 4.78 is 0. The Bertz CT molecular complexity index is 469. The summed E-state index contributed by atoms with van der Waals surface area (Å²) in [5.74, 6) is -1.50. The number of nitrogens with one attached hydrogen (secondary N) is 3. The van der Waals surface area contributed by atoms with E-state index in [1.54, 1.807) is 6.20 Å². The van der Waals surface area contributed by atoms with Crippen molar-refractivity contribution in [1.29, 1.82) is 0 Å². The van der Waals surface area contributed by atoms with Crippen molar-refractivity contribution in [2.75, 3.05) is 6.61 Å². The highest BCUT2D eigenvalue weighted by atomic mass is 16.4. The van der Waals surface area contributed by atoms with Crippen LogP contribution in [0.2, 0.25) is 0 Å². The Labute approximate surface area is 114 Å². The van der Waals surface area contributed by atoms with E-state index in [-0.39, 0.29) is 11.8 Å². The average Bonchev–Trinajstić information content (AvgIpc) is 2.85. The Morgan fingerprint density at radius 3 is 2.35 bits per heavy atom. The third-order valence-corrected chi connectivity index (χ3v) is 2.43. The molecule has 0 unspecified atom stereocenters. The van der Waals surface area contributed by atoms with Gasteiger partial charge in [-0.1, -0.05) is 0 Å². The van der Waals surface area contributed by atoms with E-state index in [1.807, 2.05) is 0 Å². The lowest BCUT2D eigenvalue weighted by atomic mass is 10.1. The van der Waals surface area contributed by atoms with E-state index >= 15 is 0 Å². The number of aromatic amines is 1. The third-order valence-electron chi connectivity index (χ3n) is 2.43. The van der Waals surface area contributed by atoms with Crippen LogP contribution in [0, 0.1) is 0 Å². The summed E-state index contributed by atoms with van der Waals surface area (Å²) in [5, 5.41) is 21.2. The third kappa shape index (κ3) is 4.69. The summed E-state index contributed by atoms with van der Waals surface area (Å²) in [6.45, 7) is 0.689. The number of carbonyl (C=O) groups excluding carboxylic acids is 2. The monoisotopic (exact) mass is 284 g/mol. The second-order valence-corrected chi connectivity index (χ2v) is 4.10. The maximum absolute atomic E-state index is 11.6. The maximum atomic E-state index is 11.6. The number of carboxylic acids is 1. The zero-order valence-electron chi connectivity index (χ0n) is 10.8. The summed E-state index contributed by atoms with van der Waals surface area (Å²) in [5.41, 5.74) is 0.767. The number of nitrogens with zero attached hydrogens (tertiary/aromatic N) is 1. The summed E-state index contributed by atoms with van der Waals surface area (Å²) in [6, 6.07) is -1.46. The Morgan fingerprint density at radius 2 is 1.85 bits per heavy atom. The molecule has 2 heterocycles. The molecule has 2 atom stereocenters. The first kappa shape index (κ1) is 15.6. The van der Waals surface area contributed by atoms with Gasteiger partial charge in [-0.05, 0) is 0 Å². The fourth-order valence-corrected chi connectivity index (χ4v) is 1.56. The van der Waals surface area contributed by atoms with Crippen LogP contribution in [0.1, 0.15) is 12.6 Å². The number of aliphatic hydroxyl groups is 1. The van der Waals surface area contributed by atoms with Crippen molar-refractivity contribution in [3.8, 4) is 0 Å². The van der Waals surface area contributed by atoms with Gasteiger partial charge >= 0.3 is 0 Å². The minimum absolute atomic E-state index is 0.298. The molecule has 0 radical (unpaired) electrons. The van der Waals surface area contributed by atoms with E-state index < -0.39 is 24.7 Å². The van der Waals surface area contributed by atoms with Crippen molar-refractivity contribution in [1.82, 2.24) is 20.6 Å². The van der Waals surface area contributed by atoms with Gasteiger partial charge in [-0.3, -0.25) is 14.4 Å². The van der Waals surface area contributed by atoms with Gasteiger partial charge in [-0.2, -0.15) is 0 Å². The van der Waals surface area contributed by atoms with Crippen LogP contribution in [-0.2, 0) is 20.8 Å². The number of H-pyrrole nitrogens is 1. The predicted octanol–water partition coefficient (Wildman–Crippen LogP) is -1.98. The Morgan fingerprint density at radius 1 is 1.30 bits per heavy atom. The lowest BCUT2D eigenvalue weighted by Gasteiger charge is -2.28. The predicted molar refractivity (Wildman–Crippen MR) is 66.5 cm³/mol. The van der Waals surface area contributed by atoms with E-state index in [0.29, 0.717) is 6.42 Å². The molecule has 0 spiro atoms. The molecule has 0 bridgehead atoms. The molecular weight excluding hydrogens is 268 g/mol. The van der Waals surface area contributed by atoms with Crippen LogP contribution >= 0.6 is 0 Å². The van der Waals surface area contributed by atoms with Gasteiger partial charge < -0.3 is 25.8 Å². The minimum Gasteiger partial charge on any atom is -0.481 e. The van der Waals surface area contributed by atoms with Gasteiger partial charge in [0.2, 0.25) is 11.8 Å². The van der Waals surface area contributed by atoms with Gasteiger partial charge in [0.1, 0.15) is 12.1 Å². The smallest absolute Gasteiger partial charge is 0.300 e. The number of rotatable bonds is 3. The molecule has 0 saturated carbocycles. The number of carbonyl (C=O) groups is 3. The van der Waals surface area contributed by atoms with Crippen LogP contribution < -0.4 is 10.6 Å². The van der Waals surface area contributed by atoms with E-state index in [4.69, 9.17) is 15.0 Å². The van der Waals surface area contributed by atoms with E-state index in [2.05, 4.69) is 20.6 Å². The van der Waals surface area contributed by atoms with Crippen LogP contribution in [0.4, 0.5) is 0 Å². The topological polar surface area (TPSA) is 144 Å². The number of imidazole rings is 1. The number of hydrogen-bond acceptors (Lipinski definition) is 5. The van der Waals surface area contributed by atoms with Gasteiger partial charge in [0, 0.05) is 25.2 Å². The van der Waals surface area contributed by atoms with Gasteiger partial charge in [0.05, 0.1) is 12.9 Å². The first-order chi connectivity index (χ1) is 9.43. The molecule has 1 aliphatic heterocycles. The molecule has 9 heteroatoms. The zero-order chi connectivity index (χ0) is 15.1. The summed E-state index contributed by atoms with van der Waals surface area (Å²) in [4.78, 5) is 38.6. The van der Waals surface area contributed by atoms with E-state index in [1.165, 1.54) is 6.33 Å². The highest BCUT2D eigenvalue weighted by Gasteiger charge is 2.33. The summed E-state index contributed by atoms with van der Waals surface area (Å²) in [7, 11) is 0. The first-order valence-corrected chi connectivity index (χ1v) is 5.82. The zero-order valence-corrected chi connectivity index (χ0v) is 10.8. The molecule has 0 aromatic carbocycles. The lowest BCUT2D eigenvalue weighted by molar-refractivity contribution is -0.137. The van der Waals surface area contributed by atoms with Crippen molar-refractivity contribution in [3.05, 3.63) is 18.2 Å². The van der Waals surface area contributed by atoms with E-state index in [9.17, 15) is 9.59 Å². The standard InChI is InChI=1S/C9H12N4O3.C2H4O2/c14-3-7-9(16)12-6(8(15)13-7)1-5-2-10-4-11-5;1-2(3)4/h2,4,6-7,14H,1,3H2,(H,10,11)(H,12,16)(H,13,15);1H3,(H,3,4)/t6-,7-;/m0./s1. The minimum atomic E-state index is -0.842. The average molecular weight is 284 g/mol. The molecule has 1 aliphatic rings. The van der Waals surface area contributed by atoms with Crippen molar-refractivity contribution >= 4 is 17.8 Å². The fourth-order valence-electron chi connectivity index (χ4n) is 1.56. The number of hydrogen-bond donors (Lipinski definition) is 5. The fraction of sp³-hybridized carbons (Fsp3) is 0.455. The molecule has 9 nitrogen and oxygen atoms in total. The molecule has 0 aliphatic carbocycles. The van der Waals surface area contributed by atoms with Crippen LogP contribution in [-0.4, -0.2) is 56.7 Å². The Kier molecular flexibility index (Phi) is 5.66. The summed E-state index contributed by atoms with van der Waals surface area (Å²) in [6.07, 6.45) is 3.46. The highest BCUT2D eigenvalue weighted by Crippen LogP contribution is 2.03. The molecule has 1 saturated heterocycles. The van der Waals surface area contributed by atoms with Crippen molar-refractivity contribution in [3.63, 3.8) is 0 Å². The van der Waals surface area contributed by atoms with Gasteiger partial charge in [0.15, 0.2) is 0 Å². The normalized spacial score (nSPS) is 21.3. The number of aliphatic hydroxyl groups excluding tert-OH is 1. The number of aromatic nitrogens is 2. The largest absolute Gasteiger partial charge is 0.481 e. The van der Waals surface area contributed by atoms with Gasteiger partial charge in [0.25, 0.3) is 5.97 Å². The lowest BCUT2D eigenvalue weighted by Crippen LogP contribution is -2.63. The number of amides is 2. The molecule has 1 aromatic rings. The molecule has 1 aromatic heterocycles. The summed E-state index contributed by atoms with van der Waals surface area (Å²) >= 11 is 0. The van der Waals surface area contributed by atoms with Gasteiger partial charge in [-0.15, -0.1) is 0 Å². The van der Waals surface area contributed by atoms with Crippen LogP contribution in [0.5, 0.6) is 0 Å². The van der Waals surface area contributed by atoms with Crippen molar-refractivity contribution in [2.45, 2.75) is 25.4 Å². The highest BCUT2D eigenvalue weighted by molar-refractivity contribution is 5.97. The molecule has 1 fully saturated rings. The van der Waals surface area contributed by atoms with Crippen LogP contribution in [0.3, 0.4) is 0 Å². The van der Waals surface area contributed by atoms with Gasteiger partial charge in [-0.25, -0.2) is 4.98 Å². The molecule has 2 amide bonds. The van der Waals surface area contributed by atoms with E-state index in [0.717, 1.165) is 12.6 Å². The molecule has 110 valence electrons. The Balaban J connectivity index is 0.000000444. The molecular formula is C11H16N4O5. The first-order valence-electron chi connectivity index (χ1n) is 5.82. The van der Waals surface area contributed by atoms with Crippen LogP contribution in [0.25, 0.3) is 0 Å². The maximum Gasteiger partial charge on any atom is 0.300 e.